The molecule has 0 aliphatic rings. The van der Waals surface area contributed by atoms with E-state index in [9.17, 15) is 8.42 Å². The number of hydrogen-bond acceptors (Lipinski definition) is 4. The Bertz CT molecular complexity index is 566. The van der Waals surface area contributed by atoms with Gasteiger partial charge in [0.2, 0.25) is 10.0 Å². The molecule has 1 aromatic rings. The molecule has 1 aromatic carbocycles. The molecule has 5 nitrogen and oxygen atoms in total. The molecule has 1 rings (SSSR count). The molecule has 1 unspecified atom stereocenters. The van der Waals surface area contributed by atoms with E-state index in [1.807, 2.05) is 0 Å². The van der Waals surface area contributed by atoms with Gasteiger partial charge in [0.15, 0.2) is 0 Å². The van der Waals surface area contributed by atoms with Gasteiger partial charge in [-0.2, -0.15) is 5.26 Å². The van der Waals surface area contributed by atoms with Crippen molar-refractivity contribution >= 4 is 21.6 Å². The number of nitrogens with one attached hydrogen (secondary N) is 1. The van der Waals surface area contributed by atoms with Crippen LogP contribution in [-0.4, -0.2) is 26.7 Å². The highest BCUT2D eigenvalue weighted by Gasteiger charge is 2.20. The quantitative estimate of drug-likeness (QED) is 0.849. The van der Waals surface area contributed by atoms with Crippen LogP contribution in [0.2, 0.25) is 5.02 Å². The van der Waals surface area contributed by atoms with E-state index in [-0.39, 0.29) is 34.6 Å². The van der Waals surface area contributed by atoms with E-state index in [1.165, 1.54) is 18.2 Å². The van der Waals surface area contributed by atoms with Crippen LogP contribution in [0.15, 0.2) is 23.1 Å². The van der Waals surface area contributed by atoms with E-state index in [4.69, 9.17) is 22.0 Å². The Morgan fingerprint density at radius 3 is 2.78 bits per heavy atom. The first-order valence-electron chi connectivity index (χ1n) is 5.21. The van der Waals surface area contributed by atoms with Crippen LogP contribution >= 0.6 is 11.6 Å². The van der Waals surface area contributed by atoms with Gasteiger partial charge in [0, 0.05) is 13.2 Å². The number of benzene rings is 1. The number of hydrogen-bond donors (Lipinski definition) is 2. The lowest BCUT2D eigenvalue weighted by Gasteiger charge is -2.11. The number of aliphatic hydroxyl groups excluding tert-OH is 1. The Morgan fingerprint density at radius 1 is 1.56 bits per heavy atom. The van der Waals surface area contributed by atoms with Gasteiger partial charge in [-0.25, -0.2) is 13.1 Å². The molecule has 0 aromatic heterocycles. The number of nitriles is 1. The largest absolute Gasteiger partial charge is 0.396 e. The summed E-state index contributed by atoms with van der Waals surface area (Å²) >= 11 is 5.77. The average molecular weight is 289 g/mol. The highest BCUT2D eigenvalue weighted by Crippen LogP contribution is 2.22. The van der Waals surface area contributed by atoms with E-state index in [1.54, 1.807) is 13.0 Å². The smallest absolute Gasteiger partial charge is 0.241 e. The van der Waals surface area contributed by atoms with Crippen molar-refractivity contribution in [3.05, 3.63) is 28.8 Å². The van der Waals surface area contributed by atoms with Gasteiger partial charge in [0.25, 0.3) is 0 Å². The molecule has 2 N–H and O–H groups in total. The first-order chi connectivity index (χ1) is 8.42. The minimum Gasteiger partial charge on any atom is -0.396 e. The Labute approximate surface area is 111 Å². The number of aliphatic hydroxyl groups is 1. The Kier molecular flexibility index (Phi) is 5.11. The zero-order valence-corrected chi connectivity index (χ0v) is 11.3. The molecule has 0 saturated carbocycles. The summed E-state index contributed by atoms with van der Waals surface area (Å²) in [5.41, 5.74) is -0.0803. The molecule has 1 atom stereocenters. The van der Waals surface area contributed by atoms with Gasteiger partial charge < -0.3 is 5.11 Å². The molecule has 18 heavy (non-hydrogen) atoms. The van der Waals surface area contributed by atoms with Crippen LogP contribution in [0, 0.1) is 17.2 Å². The fourth-order valence-electron chi connectivity index (χ4n) is 1.23. The Balaban J connectivity index is 3.07. The second-order valence-electron chi connectivity index (χ2n) is 3.86. The van der Waals surface area contributed by atoms with Crippen molar-refractivity contribution < 1.29 is 13.5 Å². The van der Waals surface area contributed by atoms with Crippen molar-refractivity contribution in [3.63, 3.8) is 0 Å². The maximum absolute atomic E-state index is 12.0. The molecule has 98 valence electrons. The highest BCUT2D eigenvalue weighted by atomic mass is 35.5. The fraction of sp³-hybridized carbons (Fsp3) is 0.364. The van der Waals surface area contributed by atoms with Gasteiger partial charge in [-0.1, -0.05) is 24.6 Å². The molecule has 0 aliphatic carbocycles. The molecule has 0 radical (unpaired) electrons. The summed E-state index contributed by atoms with van der Waals surface area (Å²) in [6, 6.07) is 6.01. The molecule has 0 amide bonds. The van der Waals surface area contributed by atoms with Crippen LogP contribution in [0.5, 0.6) is 0 Å². The van der Waals surface area contributed by atoms with Crippen molar-refractivity contribution in [1.29, 1.82) is 5.26 Å². The van der Waals surface area contributed by atoms with Crippen molar-refractivity contribution in [2.45, 2.75) is 11.8 Å². The van der Waals surface area contributed by atoms with Crippen molar-refractivity contribution in [1.82, 2.24) is 4.72 Å². The normalized spacial score (nSPS) is 13.0. The minimum atomic E-state index is -3.80. The van der Waals surface area contributed by atoms with Crippen LogP contribution in [0.1, 0.15) is 12.5 Å². The van der Waals surface area contributed by atoms with Crippen molar-refractivity contribution in [2.24, 2.45) is 5.92 Å². The Hall–Kier alpha value is -1.13. The molecular formula is C11H13ClN2O3S. The van der Waals surface area contributed by atoms with Gasteiger partial charge in [-0.05, 0) is 18.1 Å². The summed E-state index contributed by atoms with van der Waals surface area (Å²) in [5, 5.41) is 17.9. The third-order valence-electron chi connectivity index (χ3n) is 2.31. The van der Waals surface area contributed by atoms with Gasteiger partial charge in [-0.3, -0.25) is 0 Å². The zero-order chi connectivity index (χ0) is 13.8. The first kappa shape index (κ1) is 14.9. The van der Waals surface area contributed by atoms with Gasteiger partial charge in [0.05, 0.1) is 10.6 Å². The number of halogens is 1. The number of sulfonamides is 1. The van der Waals surface area contributed by atoms with Gasteiger partial charge in [-0.15, -0.1) is 0 Å². The van der Waals surface area contributed by atoms with E-state index in [2.05, 4.69) is 4.72 Å². The van der Waals surface area contributed by atoms with Crippen LogP contribution in [0.3, 0.4) is 0 Å². The molecule has 0 spiro atoms. The SMILES string of the molecule is CC(CO)CNS(=O)(=O)c1cccc(Cl)c1C#N. The van der Waals surface area contributed by atoms with E-state index in [0.717, 1.165) is 0 Å². The molecular weight excluding hydrogens is 276 g/mol. The van der Waals surface area contributed by atoms with Crippen LogP contribution in [0.25, 0.3) is 0 Å². The maximum Gasteiger partial charge on any atom is 0.241 e. The highest BCUT2D eigenvalue weighted by molar-refractivity contribution is 7.89. The lowest BCUT2D eigenvalue weighted by Crippen LogP contribution is -2.30. The zero-order valence-electron chi connectivity index (χ0n) is 9.72. The molecule has 7 heteroatoms. The third-order valence-corrected chi connectivity index (χ3v) is 4.09. The summed E-state index contributed by atoms with van der Waals surface area (Å²) in [4.78, 5) is -0.150. The van der Waals surface area contributed by atoms with Crippen LogP contribution < -0.4 is 4.72 Å². The number of rotatable bonds is 5. The fourth-order valence-corrected chi connectivity index (χ4v) is 2.85. The summed E-state index contributed by atoms with van der Waals surface area (Å²) in [6.07, 6.45) is 0. The van der Waals surface area contributed by atoms with E-state index in [0.29, 0.717) is 0 Å². The third kappa shape index (κ3) is 3.43. The number of nitrogens with zero attached hydrogens (tertiary/aromatic N) is 1. The maximum atomic E-state index is 12.0. The second-order valence-corrected chi connectivity index (χ2v) is 6.01. The van der Waals surface area contributed by atoms with Crippen LogP contribution in [0.4, 0.5) is 0 Å². The van der Waals surface area contributed by atoms with Crippen molar-refractivity contribution in [3.8, 4) is 6.07 Å². The van der Waals surface area contributed by atoms with Crippen molar-refractivity contribution in [2.75, 3.05) is 13.2 Å². The molecule has 0 bridgehead atoms. The summed E-state index contributed by atoms with van der Waals surface area (Å²) < 4.78 is 26.3. The molecule has 0 heterocycles. The lowest BCUT2D eigenvalue weighted by molar-refractivity contribution is 0.238. The summed E-state index contributed by atoms with van der Waals surface area (Å²) in [5.74, 6) is -0.204. The predicted molar refractivity (Wildman–Crippen MR) is 67.6 cm³/mol. The molecule has 0 aliphatic heterocycles. The Morgan fingerprint density at radius 2 is 2.22 bits per heavy atom. The van der Waals surface area contributed by atoms with Gasteiger partial charge in [0.1, 0.15) is 11.0 Å². The average Bonchev–Trinajstić information content (AvgIpc) is 2.35. The van der Waals surface area contributed by atoms with E-state index >= 15 is 0 Å². The minimum absolute atomic E-state index is 0.0803. The first-order valence-corrected chi connectivity index (χ1v) is 7.07. The van der Waals surface area contributed by atoms with Crippen LogP contribution in [-0.2, 0) is 10.0 Å². The molecule has 0 saturated heterocycles. The molecule has 0 fully saturated rings. The standard InChI is InChI=1S/C11H13ClN2O3S/c1-8(7-15)6-14-18(16,17)11-4-2-3-10(12)9(11)5-13/h2-4,8,14-15H,6-7H2,1H3. The van der Waals surface area contributed by atoms with E-state index < -0.39 is 10.0 Å². The lowest BCUT2D eigenvalue weighted by atomic mass is 10.2. The topological polar surface area (TPSA) is 90.2 Å². The summed E-state index contributed by atoms with van der Waals surface area (Å²) in [7, 11) is -3.80. The predicted octanol–water partition coefficient (Wildman–Crippen LogP) is 1.12. The summed E-state index contributed by atoms with van der Waals surface area (Å²) in [6.45, 7) is 1.67. The second kappa shape index (κ2) is 6.16. The monoisotopic (exact) mass is 288 g/mol. The van der Waals surface area contributed by atoms with Gasteiger partial charge >= 0.3 is 0 Å².